The number of hydrogen-bond donors (Lipinski definition) is 0. The fraction of sp³-hybridized carbons (Fsp3) is 0.300. The second-order valence-electron chi connectivity index (χ2n) is 2.95. The molecule has 0 aromatic heterocycles. The second-order valence-corrected chi connectivity index (χ2v) is 4.18. The molecule has 0 amide bonds. The molecule has 0 bridgehead atoms. The first-order chi connectivity index (χ1) is 5.88. The molecule has 2 rings (SSSR count). The number of benzene rings is 1. The van der Waals surface area contributed by atoms with Crippen molar-refractivity contribution in [3.8, 4) is 0 Å². The first-order valence-corrected chi connectivity index (χ1v) is 5.04. The van der Waals surface area contributed by atoms with E-state index in [4.69, 9.17) is 0 Å². The monoisotopic (exact) mass is 177 g/mol. The van der Waals surface area contributed by atoms with Gasteiger partial charge in [0.05, 0.1) is 11.6 Å². The molecule has 2 atom stereocenters. The number of aliphatic imine (C=N–C) groups is 1. The van der Waals surface area contributed by atoms with Crippen molar-refractivity contribution in [2.75, 3.05) is 0 Å². The van der Waals surface area contributed by atoms with E-state index in [0.717, 1.165) is 0 Å². The molecule has 1 aromatic carbocycles. The zero-order valence-electron chi connectivity index (χ0n) is 6.97. The summed E-state index contributed by atoms with van der Waals surface area (Å²) < 4.78 is 0. The highest BCUT2D eigenvalue weighted by molar-refractivity contribution is 8.12. The van der Waals surface area contributed by atoms with Crippen LogP contribution in [0.25, 0.3) is 0 Å². The van der Waals surface area contributed by atoms with E-state index >= 15 is 0 Å². The van der Waals surface area contributed by atoms with Crippen molar-refractivity contribution in [2.24, 2.45) is 4.99 Å². The first kappa shape index (κ1) is 7.87. The Hall–Kier alpha value is -0.760. The highest BCUT2D eigenvalue weighted by Gasteiger charge is 2.21. The molecule has 1 aliphatic heterocycles. The Labute approximate surface area is 76.9 Å². The van der Waals surface area contributed by atoms with E-state index in [-0.39, 0.29) is 0 Å². The maximum absolute atomic E-state index is 4.42. The summed E-state index contributed by atoms with van der Waals surface area (Å²) in [5.74, 6) is 0. The summed E-state index contributed by atoms with van der Waals surface area (Å²) >= 11 is 1.81. The van der Waals surface area contributed by atoms with Crippen LogP contribution in [0.5, 0.6) is 0 Å². The third kappa shape index (κ3) is 1.39. The molecule has 0 saturated heterocycles. The van der Waals surface area contributed by atoms with E-state index in [1.165, 1.54) is 5.56 Å². The summed E-state index contributed by atoms with van der Waals surface area (Å²) in [6.07, 6.45) is 0. The topological polar surface area (TPSA) is 12.4 Å². The van der Waals surface area contributed by atoms with E-state index in [9.17, 15) is 0 Å². The van der Waals surface area contributed by atoms with Crippen molar-refractivity contribution in [1.82, 2.24) is 0 Å². The number of rotatable bonds is 1. The van der Waals surface area contributed by atoms with Gasteiger partial charge in [0.15, 0.2) is 0 Å². The van der Waals surface area contributed by atoms with Crippen LogP contribution < -0.4 is 0 Å². The van der Waals surface area contributed by atoms with Crippen LogP contribution >= 0.6 is 11.8 Å². The van der Waals surface area contributed by atoms with E-state index < -0.39 is 0 Å². The molecule has 62 valence electrons. The highest BCUT2D eigenvalue weighted by Crippen LogP contribution is 2.33. The van der Waals surface area contributed by atoms with Crippen molar-refractivity contribution in [3.63, 3.8) is 0 Å². The largest absolute Gasteiger partial charge is 0.277 e. The van der Waals surface area contributed by atoms with Crippen LogP contribution in [0.3, 0.4) is 0 Å². The van der Waals surface area contributed by atoms with E-state index in [1.807, 2.05) is 23.4 Å². The normalized spacial score (nSPS) is 27.8. The van der Waals surface area contributed by atoms with Gasteiger partial charge in [0.2, 0.25) is 0 Å². The highest BCUT2D eigenvalue weighted by atomic mass is 32.2. The van der Waals surface area contributed by atoms with Crippen molar-refractivity contribution in [1.29, 1.82) is 0 Å². The summed E-state index contributed by atoms with van der Waals surface area (Å²) in [5, 5.41) is 0.590. The van der Waals surface area contributed by atoms with Gasteiger partial charge in [0.25, 0.3) is 0 Å². The average molecular weight is 177 g/mol. The van der Waals surface area contributed by atoms with Crippen LogP contribution in [-0.2, 0) is 0 Å². The van der Waals surface area contributed by atoms with E-state index in [0.29, 0.717) is 11.3 Å². The van der Waals surface area contributed by atoms with Crippen LogP contribution in [0.15, 0.2) is 35.3 Å². The van der Waals surface area contributed by atoms with E-state index in [2.05, 4.69) is 36.2 Å². The summed E-state index contributed by atoms with van der Waals surface area (Å²) in [5.41, 5.74) is 3.29. The number of hydrogen-bond acceptors (Lipinski definition) is 2. The van der Waals surface area contributed by atoms with Gasteiger partial charge >= 0.3 is 0 Å². The Balaban J connectivity index is 2.25. The molecule has 0 radical (unpaired) electrons. The third-order valence-electron chi connectivity index (χ3n) is 2.08. The van der Waals surface area contributed by atoms with Gasteiger partial charge in [-0.05, 0) is 5.56 Å². The van der Waals surface area contributed by atoms with Crippen LogP contribution in [0.4, 0.5) is 0 Å². The molecule has 0 spiro atoms. The van der Waals surface area contributed by atoms with Crippen molar-refractivity contribution < 1.29 is 0 Å². The summed E-state index contributed by atoms with van der Waals surface area (Å²) in [7, 11) is 0. The van der Waals surface area contributed by atoms with Gasteiger partial charge in [-0.25, -0.2) is 0 Å². The van der Waals surface area contributed by atoms with Crippen LogP contribution in [-0.4, -0.2) is 10.8 Å². The van der Waals surface area contributed by atoms with Crippen LogP contribution in [0.1, 0.15) is 18.5 Å². The summed E-state index contributed by atoms with van der Waals surface area (Å²) in [4.78, 5) is 4.42. The van der Waals surface area contributed by atoms with Crippen molar-refractivity contribution in [2.45, 2.75) is 18.2 Å². The number of nitrogens with zero attached hydrogens (tertiary/aromatic N) is 1. The maximum atomic E-state index is 4.42. The Morgan fingerprint density at radius 1 is 1.25 bits per heavy atom. The van der Waals surface area contributed by atoms with Gasteiger partial charge in [-0.1, -0.05) is 37.3 Å². The van der Waals surface area contributed by atoms with Gasteiger partial charge in [0.1, 0.15) is 0 Å². The lowest BCUT2D eigenvalue weighted by atomic mass is 10.1. The molecule has 0 aliphatic carbocycles. The minimum absolute atomic E-state index is 0.371. The average Bonchev–Trinajstić information content (AvgIpc) is 2.53. The summed E-state index contributed by atoms with van der Waals surface area (Å²) in [6.45, 7) is 2.22. The SMILES string of the molecule is CC1SC=NC1c1ccccc1. The van der Waals surface area contributed by atoms with Crippen molar-refractivity contribution >= 4 is 17.3 Å². The summed E-state index contributed by atoms with van der Waals surface area (Å²) in [6, 6.07) is 10.8. The Morgan fingerprint density at radius 3 is 2.58 bits per heavy atom. The van der Waals surface area contributed by atoms with Gasteiger partial charge in [-0.3, -0.25) is 4.99 Å². The molecule has 1 nitrogen and oxygen atoms in total. The van der Waals surface area contributed by atoms with Gasteiger partial charge in [-0.15, -0.1) is 11.8 Å². The molecule has 2 heteroatoms. The van der Waals surface area contributed by atoms with Crippen LogP contribution in [0, 0.1) is 0 Å². The molecule has 2 unspecified atom stereocenters. The molecular formula is C10H11NS. The van der Waals surface area contributed by atoms with E-state index in [1.54, 1.807) is 0 Å². The smallest absolute Gasteiger partial charge is 0.0874 e. The van der Waals surface area contributed by atoms with Gasteiger partial charge in [0, 0.05) is 5.25 Å². The molecule has 0 saturated carbocycles. The van der Waals surface area contributed by atoms with Gasteiger partial charge in [-0.2, -0.15) is 0 Å². The lowest BCUT2D eigenvalue weighted by Gasteiger charge is -2.11. The molecule has 1 aromatic rings. The Morgan fingerprint density at radius 2 is 2.00 bits per heavy atom. The second kappa shape index (κ2) is 3.31. The quantitative estimate of drug-likeness (QED) is 0.642. The Bertz CT molecular complexity index is 281. The van der Waals surface area contributed by atoms with Crippen molar-refractivity contribution in [3.05, 3.63) is 35.9 Å². The molecule has 0 N–H and O–H groups in total. The first-order valence-electron chi connectivity index (χ1n) is 4.10. The molecule has 1 heterocycles. The molecular weight excluding hydrogens is 166 g/mol. The molecule has 1 aliphatic rings. The van der Waals surface area contributed by atoms with Gasteiger partial charge < -0.3 is 0 Å². The predicted octanol–water partition coefficient (Wildman–Crippen LogP) is 2.89. The zero-order valence-corrected chi connectivity index (χ0v) is 7.79. The maximum Gasteiger partial charge on any atom is 0.0874 e. The Kier molecular flexibility index (Phi) is 2.17. The third-order valence-corrected chi connectivity index (χ3v) is 3.01. The van der Waals surface area contributed by atoms with Crippen LogP contribution in [0.2, 0.25) is 0 Å². The lowest BCUT2D eigenvalue weighted by molar-refractivity contribution is 0.735. The fourth-order valence-corrected chi connectivity index (χ4v) is 2.17. The lowest BCUT2D eigenvalue weighted by Crippen LogP contribution is -2.04. The standard InChI is InChI=1S/C10H11NS/c1-8-10(11-7-12-8)9-5-3-2-4-6-9/h2-8,10H,1H3. The molecule has 12 heavy (non-hydrogen) atoms. The fourth-order valence-electron chi connectivity index (χ4n) is 1.40. The molecule has 0 fully saturated rings. The zero-order chi connectivity index (χ0) is 8.39. The number of thioether (sulfide) groups is 1. The minimum Gasteiger partial charge on any atom is -0.277 e. The minimum atomic E-state index is 0.371. The predicted molar refractivity (Wildman–Crippen MR) is 54.7 cm³/mol.